The summed E-state index contributed by atoms with van der Waals surface area (Å²) in [4.78, 5) is 6.91. The van der Waals surface area contributed by atoms with Crippen LogP contribution in [-0.2, 0) is 6.42 Å². The molecule has 96 valence electrons. The monoisotopic (exact) mass is 253 g/mol. The van der Waals surface area contributed by atoms with E-state index in [4.69, 9.17) is 0 Å². The Balaban J connectivity index is 1.64. The fourth-order valence-corrected chi connectivity index (χ4v) is 2.92. The van der Waals surface area contributed by atoms with Crippen LogP contribution in [0.4, 0.5) is 0 Å². The Labute approximate surface area is 108 Å². The minimum Gasteiger partial charge on any atom is -0.314 e. The number of aromatic nitrogens is 1. The molecule has 1 N–H and O–H groups in total. The van der Waals surface area contributed by atoms with E-state index in [0.717, 1.165) is 12.3 Å². The van der Waals surface area contributed by atoms with Gasteiger partial charge in [-0.05, 0) is 25.4 Å². The van der Waals surface area contributed by atoms with Gasteiger partial charge in [0.15, 0.2) is 0 Å². The number of nitrogens with zero attached hydrogens (tertiary/aromatic N) is 2. The van der Waals surface area contributed by atoms with Gasteiger partial charge in [-0.15, -0.1) is 11.3 Å². The summed E-state index contributed by atoms with van der Waals surface area (Å²) in [6, 6.07) is 0.611. The highest BCUT2D eigenvalue weighted by atomic mass is 32.1. The van der Waals surface area contributed by atoms with Crippen molar-refractivity contribution in [3.8, 4) is 0 Å². The van der Waals surface area contributed by atoms with Crippen LogP contribution in [0.15, 0.2) is 11.6 Å². The maximum atomic E-state index is 4.34. The first-order valence-electron chi connectivity index (χ1n) is 6.58. The van der Waals surface area contributed by atoms with Crippen LogP contribution < -0.4 is 5.32 Å². The molecule has 1 atom stereocenters. The lowest BCUT2D eigenvalue weighted by Crippen LogP contribution is -2.31. The third-order valence-corrected chi connectivity index (χ3v) is 4.15. The normalized spacial score (nSPS) is 21.5. The number of likely N-dealkylation sites (tertiary alicyclic amines) is 1. The zero-order valence-corrected chi connectivity index (χ0v) is 11.7. The van der Waals surface area contributed by atoms with E-state index < -0.39 is 0 Å². The van der Waals surface area contributed by atoms with Gasteiger partial charge in [-0.3, -0.25) is 0 Å². The van der Waals surface area contributed by atoms with Crippen LogP contribution in [0, 0.1) is 5.92 Å². The lowest BCUT2D eigenvalue weighted by molar-refractivity contribution is 0.324. The Kier molecular flexibility index (Phi) is 4.95. The molecule has 3 nitrogen and oxygen atoms in total. The SMILES string of the molecule is CC(C)NCC1CCN(CCc2nccs2)C1. The van der Waals surface area contributed by atoms with Crippen molar-refractivity contribution >= 4 is 11.3 Å². The summed E-state index contributed by atoms with van der Waals surface area (Å²) in [5.74, 6) is 0.841. The summed E-state index contributed by atoms with van der Waals surface area (Å²) in [5.41, 5.74) is 0. The number of rotatable bonds is 6. The van der Waals surface area contributed by atoms with Gasteiger partial charge in [-0.2, -0.15) is 0 Å². The summed E-state index contributed by atoms with van der Waals surface area (Å²) < 4.78 is 0. The Morgan fingerprint density at radius 2 is 2.47 bits per heavy atom. The van der Waals surface area contributed by atoms with Crippen LogP contribution in [0.1, 0.15) is 25.3 Å². The van der Waals surface area contributed by atoms with Gasteiger partial charge >= 0.3 is 0 Å². The Bertz CT molecular complexity index is 310. The van der Waals surface area contributed by atoms with Gasteiger partial charge in [0, 0.05) is 37.1 Å². The van der Waals surface area contributed by atoms with Crippen LogP contribution in [0.25, 0.3) is 0 Å². The molecule has 1 aliphatic rings. The zero-order valence-electron chi connectivity index (χ0n) is 10.9. The molecule has 4 heteroatoms. The maximum absolute atomic E-state index is 4.34. The molecule has 1 fully saturated rings. The summed E-state index contributed by atoms with van der Waals surface area (Å²) in [5, 5.41) is 6.88. The Hall–Kier alpha value is -0.450. The number of hydrogen-bond donors (Lipinski definition) is 1. The van der Waals surface area contributed by atoms with Gasteiger partial charge in [0.2, 0.25) is 0 Å². The fraction of sp³-hybridized carbons (Fsp3) is 0.769. The second-order valence-electron chi connectivity index (χ2n) is 5.19. The molecule has 0 saturated carbocycles. The van der Waals surface area contributed by atoms with E-state index in [1.165, 1.54) is 37.6 Å². The summed E-state index contributed by atoms with van der Waals surface area (Å²) in [7, 11) is 0. The second kappa shape index (κ2) is 6.47. The van der Waals surface area contributed by atoms with Crippen molar-refractivity contribution in [1.29, 1.82) is 0 Å². The van der Waals surface area contributed by atoms with E-state index in [-0.39, 0.29) is 0 Å². The topological polar surface area (TPSA) is 28.2 Å². The summed E-state index contributed by atoms with van der Waals surface area (Å²) in [6.45, 7) is 9.29. The molecule has 0 aliphatic carbocycles. The zero-order chi connectivity index (χ0) is 12.1. The molecule has 2 rings (SSSR count). The van der Waals surface area contributed by atoms with Crippen molar-refractivity contribution in [1.82, 2.24) is 15.2 Å². The smallest absolute Gasteiger partial charge is 0.0937 e. The molecule has 1 aromatic heterocycles. The standard InChI is InChI=1S/C13H23N3S/c1-11(2)15-9-12-3-6-16(10-12)7-4-13-14-5-8-17-13/h5,8,11-12,15H,3-4,6-7,9-10H2,1-2H3. The van der Waals surface area contributed by atoms with E-state index in [2.05, 4.69) is 34.4 Å². The van der Waals surface area contributed by atoms with Gasteiger partial charge in [0.25, 0.3) is 0 Å². The maximum Gasteiger partial charge on any atom is 0.0937 e. The van der Waals surface area contributed by atoms with Crippen molar-refractivity contribution < 1.29 is 0 Å². The second-order valence-corrected chi connectivity index (χ2v) is 6.17. The third-order valence-electron chi connectivity index (χ3n) is 3.31. The van der Waals surface area contributed by atoms with Gasteiger partial charge in [-0.25, -0.2) is 4.98 Å². The van der Waals surface area contributed by atoms with Crippen molar-refractivity contribution in [2.75, 3.05) is 26.2 Å². The van der Waals surface area contributed by atoms with Crippen molar-refractivity contribution in [2.45, 2.75) is 32.7 Å². The number of hydrogen-bond acceptors (Lipinski definition) is 4. The van der Waals surface area contributed by atoms with E-state index in [1.54, 1.807) is 11.3 Å². The third kappa shape index (κ3) is 4.37. The molecule has 0 bridgehead atoms. The first kappa shape index (κ1) is 13.0. The molecule has 0 spiro atoms. The van der Waals surface area contributed by atoms with Crippen LogP contribution in [0.5, 0.6) is 0 Å². The van der Waals surface area contributed by atoms with E-state index >= 15 is 0 Å². The first-order valence-corrected chi connectivity index (χ1v) is 7.46. The molecule has 0 amide bonds. The minimum absolute atomic E-state index is 0.611. The lowest BCUT2D eigenvalue weighted by Gasteiger charge is -2.16. The van der Waals surface area contributed by atoms with Crippen molar-refractivity contribution in [3.63, 3.8) is 0 Å². The predicted molar refractivity (Wildman–Crippen MR) is 73.5 cm³/mol. The van der Waals surface area contributed by atoms with Crippen molar-refractivity contribution in [3.05, 3.63) is 16.6 Å². The van der Waals surface area contributed by atoms with Gasteiger partial charge in [-0.1, -0.05) is 13.8 Å². The first-order chi connectivity index (χ1) is 8.24. The molecule has 0 aromatic carbocycles. The van der Waals surface area contributed by atoms with Gasteiger partial charge in [0.05, 0.1) is 5.01 Å². The number of nitrogens with one attached hydrogen (secondary N) is 1. The fourth-order valence-electron chi connectivity index (χ4n) is 2.32. The summed E-state index contributed by atoms with van der Waals surface area (Å²) >= 11 is 1.77. The minimum atomic E-state index is 0.611. The molecular formula is C13H23N3S. The van der Waals surface area contributed by atoms with Crippen LogP contribution in [0.3, 0.4) is 0 Å². The molecule has 1 saturated heterocycles. The van der Waals surface area contributed by atoms with E-state index in [1.807, 2.05) is 6.20 Å². The van der Waals surface area contributed by atoms with Crippen molar-refractivity contribution in [2.24, 2.45) is 5.92 Å². The predicted octanol–water partition coefficient (Wildman–Crippen LogP) is 2.01. The lowest BCUT2D eigenvalue weighted by atomic mass is 10.1. The quantitative estimate of drug-likeness (QED) is 0.840. The van der Waals surface area contributed by atoms with E-state index in [0.29, 0.717) is 6.04 Å². The molecule has 1 unspecified atom stereocenters. The van der Waals surface area contributed by atoms with Crippen LogP contribution >= 0.6 is 11.3 Å². The Morgan fingerprint density at radius 3 is 3.18 bits per heavy atom. The molecular weight excluding hydrogens is 230 g/mol. The highest BCUT2D eigenvalue weighted by Crippen LogP contribution is 2.16. The molecule has 17 heavy (non-hydrogen) atoms. The largest absolute Gasteiger partial charge is 0.314 e. The molecule has 0 radical (unpaired) electrons. The molecule has 2 heterocycles. The van der Waals surface area contributed by atoms with Gasteiger partial charge < -0.3 is 10.2 Å². The molecule has 1 aromatic rings. The highest BCUT2D eigenvalue weighted by molar-refractivity contribution is 7.09. The summed E-state index contributed by atoms with van der Waals surface area (Å²) in [6.07, 6.45) is 4.36. The Morgan fingerprint density at radius 1 is 1.59 bits per heavy atom. The van der Waals surface area contributed by atoms with Crippen LogP contribution in [-0.4, -0.2) is 42.1 Å². The number of thiazole rings is 1. The average molecular weight is 253 g/mol. The molecule has 1 aliphatic heterocycles. The average Bonchev–Trinajstić information content (AvgIpc) is 2.95. The van der Waals surface area contributed by atoms with Crippen LogP contribution in [0.2, 0.25) is 0 Å². The van der Waals surface area contributed by atoms with Gasteiger partial charge in [0.1, 0.15) is 0 Å². The highest BCUT2D eigenvalue weighted by Gasteiger charge is 2.21. The van der Waals surface area contributed by atoms with E-state index in [9.17, 15) is 0 Å².